The van der Waals surface area contributed by atoms with Gasteiger partial charge < -0.3 is 5.32 Å². The fraction of sp³-hybridized carbons (Fsp3) is 0. The second kappa shape index (κ2) is 6.58. The molecule has 1 aromatic carbocycles. The lowest BCUT2D eigenvalue weighted by Gasteiger charge is -2.05. The number of hydrogen-bond acceptors (Lipinski definition) is 3. The van der Waals surface area contributed by atoms with Gasteiger partial charge in [-0.3, -0.25) is 4.79 Å². The van der Waals surface area contributed by atoms with E-state index in [1.54, 1.807) is 23.0 Å². The third kappa shape index (κ3) is 3.47. The summed E-state index contributed by atoms with van der Waals surface area (Å²) in [5.74, 6) is -0.0653. The molecule has 0 bridgehead atoms. The lowest BCUT2D eigenvalue weighted by atomic mass is 10.2. The maximum absolute atomic E-state index is 12.2. The molecule has 0 aliphatic rings. The fourth-order valence-corrected chi connectivity index (χ4v) is 2.58. The summed E-state index contributed by atoms with van der Waals surface area (Å²) in [5, 5.41) is 7.71. The number of carbonyl (C=O) groups is 1. The Balaban J connectivity index is 1.82. The summed E-state index contributed by atoms with van der Waals surface area (Å²) in [5.41, 5.74) is 0.921. The molecular weight excluding hydrogens is 359 g/mol. The van der Waals surface area contributed by atoms with Crippen LogP contribution in [-0.4, -0.2) is 20.7 Å². The zero-order valence-corrected chi connectivity index (χ0v) is 13.8. The van der Waals surface area contributed by atoms with Crippen molar-refractivity contribution in [3.63, 3.8) is 0 Å². The molecule has 1 N–H and O–H groups in total. The number of anilines is 1. The summed E-state index contributed by atoms with van der Waals surface area (Å²) in [6, 6.07) is 11.9. The van der Waals surface area contributed by atoms with Gasteiger partial charge in [0.2, 0.25) is 0 Å². The van der Waals surface area contributed by atoms with E-state index >= 15 is 0 Å². The Kier molecular flexibility index (Phi) is 4.52. The van der Waals surface area contributed by atoms with Crippen LogP contribution in [0.5, 0.6) is 0 Å². The predicted octanol–water partition coefficient (Wildman–Crippen LogP) is 4.48. The third-order valence-electron chi connectivity index (χ3n) is 2.99. The Labute approximate surface area is 146 Å². The van der Waals surface area contributed by atoms with E-state index in [9.17, 15) is 4.79 Å². The van der Waals surface area contributed by atoms with Gasteiger partial charge in [-0.2, -0.15) is 0 Å². The lowest BCUT2D eigenvalue weighted by Crippen LogP contribution is -2.13. The van der Waals surface area contributed by atoms with Crippen molar-refractivity contribution >= 4 is 46.5 Å². The largest absolute Gasteiger partial charge is 0.305 e. The lowest BCUT2D eigenvalue weighted by molar-refractivity contribution is 0.102. The van der Waals surface area contributed by atoms with Crippen molar-refractivity contribution in [2.75, 3.05) is 5.32 Å². The second-order valence-electron chi connectivity index (χ2n) is 4.52. The summed E-state index contributed by atoms with van der Waals surface area (Å²) in [6.07, 6.45) is 1.69. The van der Waals surface area contributed by atoms with Crippen LogP contribution in [0.4, 0.5) is 5.82 Å². The number of pyridine rings is 1. The average Bonchev–Trinajstić information content (AvgIpc) is 2.95. The first-order valence-corrected chi connectivity index (χ1v) is 7.62. The summed E-state index contributed by atoms with van der Waals surface area (Å²) < 4.78 is 1.57. The average molecular weight is 368 g/mol. The van der Waals surface area contributed by atoms with Gasteiger partial charge in [-0.05, 0) is 24.3 Å². The van der Waals surface area contributed by atoms with Crippen LogP contribution in [0.3, 0.4) is 0 Å². The summed E-state index contributed by atoms with van der Waals surface area (Å²) >= 11 is 17.7. The van der Waals surface area contributed by atoms with E-state index in [0.717, 1.165) is 0 Å². The molecule has 3 rings (SSSR count). The van der Waals surface area contributed by atoms with Crippen LogP contribution in [-0.2, 0) is 0 Å². The first-order valence-electron chi connectivity index (χ1n) is 6.48. The van der Waals surface area contributed by atoms with E-state index < -0.39 is 5.91 Å². The number of carbonyl (C=O) groups excluding carboxylic acids is 1. The number of benzene rings is 1. The first-order chi connectivity index (χ1) is 11.0. The highest BCUT2D eigenvalue weighted by Crippen LogP contribution is 2.21. The molecule has 0 saturated heterocycles. The van der Waals surface area contributed by atoms with Crippen LogP contribution in [0.1, 0.15) is 10.4 Å². The van der Waals surface area contributed by atoms with Gasteiger partial charge in [0.15, 0.2) is 5.82 Å². The highest BCUT2D eigenvalue weighted by atomic mass is 35.5. The first kappa shape index (κ1) is 15.8. The zero-order valence-electron chi connectivity index (χ0n) is 11.5. The molecule has 116 valence electrons. The molecule has 0 unspecified atom stereocenters. The maximum atomic E-state index is 12.2. The van der Waals surface area contributed by atoms with E-state index in [-0.39, 0.29) is 15.9 Å². The van der Waals surface area contributed by atoms with Gasteiger partial charge in [-0.25, -0.2) is 9.67 Å². The van der Waals surface area contributed by atoms with E-state index in [0.29, 0.717) is 16.5 Å². The molecule has 2 aromatic heterocycles. The zero-order chi connectivity index (χ0) is 16.4. The molecule has 5 nitrogen and oxygen atoms in total. The Bertz CT molecular complexity index is 879. The minimum absolute atomic E-state index is 0.0283. The molecule has 0 spiro atoms. The van der Waals surface area contributed by atoms with Crippen molar-refractivity contribution in [3.8, 4) is 5.69 Å². The van der Waals surface area contributed by atoms with Gasteiger partial charge in [-0.1, -0.05) is 46.9 Å². The molecule has 2 heterocycles. The summed E-state index contributed by atoms with van der Waals surface area (Å²) in [7, 11) is 0. The summed E-state index contributed by atoms with van der Waals surface area (Å²) in [4.78, 5) is 16.0. The normalized spacial score (nSPS) is 10.6. The van der Waals surface area contributed by atoms with Crippen molar-refractivity contribution in [1.29, 1.82) is 0 Å². The molecule has 23 heavy (non-hydrogen) atoms. The molecule has 0 aliphatic carbocycles. The Hall–Kier alpha value is -2.08. The van der Waals surface area contributed by atoms with Crippen LogP contribution < -0.4 is 5.32 Å². The molecule has 0 aliphatic heterocycles. The van der Waals surface area contributed by atoms with Gasteiger partial charge in [0.1, 0.15) is 10.3 Å². The van der Waals surface area contributed by atoms with Crippen molar-refractivity contribution < 1.29 is 4.79 Å². The Morgan fingerprint density at radius 3 is 2.57 bits per heavy atom. The quantitative estimate of drug-likeness (QED) is 0.694. The van der Waals surface area contributed by atoms with Crippen molar-refractivity contribution in [2.45, 2.75) is 0 Å². The van der Waals surface area contributed by atoms with E-state index in [1.807, 2.05) is 18.2 Å². The van der Waals surface area contributed by atoms with Gasteiger partial charge in [0.05, 0.1) is 16.3 Å². The predicted molar refractivity (Wildman–Crippen MR) is 90.8 cm³/mol. The van der Waals surface area contributed by atoms with Crippen LogP contribution in [0.2, 0.25) is 15.3 Å². The number of nitrogens with one attached hydrogen (secondary N) is 1. The topological polar surface area (TPSA) is 59.8 Å². The second-order valence-corrected chi connectivity index (χ2v) is 5.68. The van der Waals surface area contributed by atoms with Crippen LogP contribution >= 0.6 is 34.8 Å². The van der Waals surface area contributed by atoms with Crippen molar-refractivity contribution in [1.82, 2.24) is 14.8 Å². The SMILES string of the molecule is O=C(Nc1ccn(-c2ccccc2Cl)n1)c1ccc(Cl)nc1Cl. The molecule has 0 saturated carbocycles. The number of amides is 1. The molecule has 0 radical (unpaired) electrons. The van der Waals surface area contributed by atoms with E-state index in [2.05, 4.69) is 15.4 Å². The van der Waals surface area contributed by atoms with Crippen LogP contribution in [0, 0.1) is 0 Å². The molecule has 1 amide bonds. The van der Waals surface area contributed by atoms with Gasteiger partial charge >= 0.3 is 0 Å². The van der Waals surface area contributed by atoms with E-state index in [1.165, 1.54) is 12.1 Å². The third-order valence-corrected chi connectivity index (χ3v) is 3.81. The smallest absolute Gasteiger partial charge is 0.259 e. The number of halogens is 3. The van der Waals surface area contributed by atoms with Crippen LogP contribution in [0.25, 0.3) is 5.69 Å². The number of aromatic nitrogens is 3. The van der Waals surface area contributed by atoms with Crippen molar-refractivity contribution in [3.05, 3.63) is 69.6 Å². The van der Waals surface area contributed by atoms with Gasteiger partial charge in [-0.15, -0.1) is 5.10 Å². The van der Waals surface area contributed by atoms with Gasteiger partial charge in [0.25, 0.3) is 5.91 Å². The minimum atomic E-state index is -0.427. The summed E-state index contributed by atoms with van der Waals surface area (Å²) in [6.45, 7) is 0. The molecular formula is C15H9Cl3N4O. The van der Waals surface area contributed by atoms with Crippen molar-refractivity contribution in [2.24, 2.45) is 0 Å². The highest BCUT2D eigenvalue weighted by Gasteiger charge is 2.14. The van der Waals surface area contributed by atoms with E-state index in [4.69, 9.17) is 34.8 Å². The fourth-order valence-electron chi connectivity index (χ4n) is 1.93. The molecule has 3 aromatic rings. The number of rotatable bonds is 3. The number of nitrogens with zero attached hydrogens (tertiary/aromatic N) is 3. The Morgan fingerprint density at radius 2 is 1.83 bits per heavy atom. The monoisotopic (exact) mass is 366 g/mol. The maximum Gasteiger partial charge on any atom is 0.259 e. The van der Waals surface area contributed by atoms with Crippen LogP contribution in [0.15, 0.2) is 48.7 Å². The number of para-hydroxylation sites is 1. The standard InChI is InChI=1S/C15H9Cl3N4O/c16-10-3-1-2-4-11(10)22-8-7-13(21-22)20-15(23)9-5-6-12(17)19-14(9)18/h1-8H,(H,20,21,23). The molecule has 0 atom stereocenters. The van der Waals surface area contributed by atoms with Gasteiger partial charge in [0, 0.05) is 12.3 Å². The highest BCUT2D eigenvalue weighted by molar-refractivity contribution is 6.35. The molecule has 8 heteroatoms. The molecule has 0 fully saturated rings. The Morgan fingerprint density at radius 1 is 1.04 bits per heavy atom. The minimum Gasteiger partial charge on any atom is -0.305 e. The number of hydrogen-bond donors (Lipinski definition) is 1.